The van der Waals surface area contributed by atoms with Crippen LogP contribution in [0, 0.1) is 0 Å². The molecule has 3 heterocycles. The monoisotopic (exact) mass is 381 g/mol. The summed E-state index contributed by atoms with van der Waals surface area (Å²) in [7, 11) is 5.02. The average Bonchev–Trinajstić information content (AvgIpc) is 3.30. The van der Waals surface area contributed by atoms with Gasteiger partial charge in [0, 0.05) is 12.6 Å². The number of hydrogen-bond donors (Lipinski definition) is 0. The highest BCUT2D eigenvalue weighted by atomic mass is 16.6. The average molecular weight is 381 g/mol. The summed E-state index contributed by atoms with van der Waals surface area (Å²) in [5.74, 6) is 1.79. The number of aromatic nitrogens is 6. The molecular formula is C18H19N7O3. The summed E-state index contributed by atoms with van der Waals surface area (Å²) in [4.78, 5) is 14.3. The van der Waals surface area contributed by atoms with Crippen molar-refractivity contribution < 1.29 is 14.3 Å². The summed E-state index contributed by atoms with van der Waals surface area (Å²) in [6, 6.07) is 5.55. The Morgan fingerprint density at radius 2 is 1.96 bits per heavy atom. The van der Waals surface area contributed by atoms with Crippen molar-refractivity contribution in [3.8, 4) is 11.5 Å². The van der Waals surface area contributed by atoms with Crippen LogP contribution in [-0.2, 0) is 18.5 Å². The highest BCUT2D eigenvalue weighted by Gasteiger charge is 2.12. The van der Waals surface area contributed by atoms with E-state index >= 15 is 0 Å². The van der Waals surface area contributed by atoms with Crippen LogP contribution in [0.1, 0.15) is 18.3 Å². The number of rotatable bonds is 6. The molecule has 0 saturated carbocycles. The fourth-order valence-electron chi connectivity index (χ4n) is 2.84. The first-order valence-corrected chi connectivity index (χ1v) is 8.51. The second-order valence-electron chi connectivity index (χ2n) is 6.07. The standard InChI is InChI=1S/C18H19N7O3/c1-11(12-5-6-14(26-3)15(7-12)27-4)23-28-9-16-21-18-13-8-20-24(2)17(13)19-10-25(18)22-16/h5-8,10H,9H2,1-4H3/b23-11+. The lowest BCUT2D eigenvalue weighted by Gasteiger charge is -2.09. The lowest BCUT2D eigenvalue weighted by molar-refractivity contribution is 0.125. The van der Waals surface area contributed by atoms with Gasteiger partial charge in [-0.2, -0.15) is 5.10 Å². The van der Waals surface area contributed by atoms with E-state index in [9.17, 15) is 0 Å². The number of ether oxygens (including phenoxy) is 2. The number of aryl methyl sites for hydroxylation is 1. The van der Waals surface area contributed by atoms with Gasteiger partial charge >= 0.3 is 0 Å². The molecule has 0 aliphatic rings. The molecule has 10 nitrogen and oxygen atoms in total. The second kappa shape index (κ2) is 7.14. The second-order valence-corrected chi connectivity index (χ2v) is 6.07. The van der Waals surface area contributed by atoms with Gasteiger partial charge in [-0.25, -0.2) is 14.5 Å². The van der Waals surface area contributed by atoms with Crippen LogP contribution in [0.2, 0.25) is 0 Å². The Kier molecular flexibility index (Phi) is 4.52. The molecule has 0 radical (unpaired) electrons. The van der Waals surface area contributed by atoms with Crippen molar-refractivity contribution in [2.45, 2.75) is 13.5 Å². The van der Waals surface area contributed by atoms with Gasteiger partial charge in [0.15, 0.2) is 35.2 Å². The molecule has 28 heavy (non-hydrogen) atoms. The van der Waals surface area contributed by atoms with E-state index in [1.807, 2.05) is 32.2 Å². The van der Waals surface area contributed by atoms with E-state index < -0.39 is 0 Å². The quantitative estimate of drug-likeness (QED) is 0.372. The Hall–Kier alpha value is -3.69. The fraction of sp³-hybridized carbons (Fsp3) is 0.278. The first-order valence-electron chi connectivity index (χ1n) is 8.51. The third-order valence-electron chi connectivity index (χ3n) is 4.31. The number of oxime groups is 1. The zero-order valence-electron chi connectivity index (χ0n) is 15.9. The molecule has 0 aliphatic heterocycles. The first kappa shape index (κ1) is 17.7. The summed E-state index contributed by atoms with van der Waals surface area (Å²) in [5, 5.41) is 13.6. The van der Waals surface area contributed by atoms with E-state index in [4.69, 9.17) is 14.3 Å². The molecule has 0 aliphatic carbocycles. The Labute approximate surface area is 160 Å². The molecule has 3 aromatic heterocycles. The Balaban J connectivity index is 1.52. The van der Waals surface area contributed by atoms with Crippen LogP contribution < -0.4 is 9.47 Å². The molecule has 4 rings (SSSR count). The van der Waals surface area contributed by atoms with Crippen LogP contribution in [0.4, 0.5) is 0 Å². The van der Waals surface area contributed by atoms with Crippen LogP contribution in [-0.4, -0.2) is 49.3 Å². The molecular weight excluding hydrogens is 362 g/mol. The van der Waals surface area contributed by atoms with E-state index in [0.29, 0.717) is 28.7 Å². The van der Waals surface area contributed by atoms with Gasteiger partial charge < -0.3 is 14.3 Å². The predicted octanol–water partition coefficient (Wildman–Crippen LogP) is 1.97. The van der Waals surface area contributed by atoms with Crippen LogP contribution in [0.25, 0.3) is 16.7 Å². The minimum atomic E-state index is 0.133. The van der Waals surface area contributed by atoms with Gasteiger partial charge in [-0.3, -0.25) is 4.68 Å². The predicted molar refractivity (Wildman–Crippen MR) is 102 cm³/mol. The van der Waals surface area contributed by atoms with Crippen LogP contribution in [0.15, 0.2) is 35.9 Å². The van der Waals surface area contributed by atoms with E-state index in [1.54, 1.807) is 35.9 Å². The Morgan fingerprint density at radius 3 is 2.75 bits per heavy atom. The van der Waals surface area contributed by atoms with Crippen molar-refractivity contribution in [3.63, 3.8) is 0 Å². The van der Waals surface area contributed by atoms with E-state index in [1.165, 1.54) is 0 Å². The highest BCUT2D eigenvalue weighted by Crippen LogP contribution is 2.27. The van der Waals surface area contributed by atoms with Gasteiger partial charge in [0.05, 0.1) is 31.5 Å². The van der Waals surface area contributed by atoms with Gasteiger partial charge in [-0.05, 0) is 25.1 Å². The van der Waals surface area contributed by atoms with Crippen molar-refractivity contribution in [2.24, 2.45) is 12.2 Å². The van der Waals surface area contributed by atoms with Gasteiger partial charge in [0.25, 0.3) is 0 Å². The van der Waals surface area contributed by atoms with Gasteiger partial charge in [0.2, 0.25) is 0 Å². The SMILES string of the molecule is COc1ccc(/C(C)=N/OCc2nc3c4cnn(C)c4ncn3n2)cc1OC. The summed E-state index contributed by atoms with van der Waals surface area (Å²) in [6.45, 7) is 1.98. The molecule has 0 bridgehead atoms. The molecule has 1 aromatic carbocycles. The zero-order valence-corrected chi connectivity index (χ0v) is 15.9. The number of hydrogen-bond acceptors (Lipinski definition) is 8. The van der Waals surface area contributed by atoms with E-state index in [2.05, 4.69) is 25.3 Å². The lowest BCUT2D eigenvalue weighted by Crippen LogP contribution is -2.00. The van der Waals surface area contributed by atoms with Gasteiger partial charge in [-0.15, -0.1) is 5.10 Å². The molecule has 4 aromatic rings. The molecule has 0 spiro atoms. The van der Waals surface area contributed by atoms with Gasteiger partial charge in [0.1, 0.15) is 6.33 Å². The van der Waals surface area contributed by atoms with Crippen LogP contribution >= 0.6 is 0 Å². The van der Waals surface area contributed by atoms with E-state index in [-0.39, 0.29) is 6.61 Å². The molecule has 0 unspecified atom stereocenters. The van der Waals surface area contributed by atoms with Crippen LogP contribution in [0.3, 0.4) is 0 Å². The molecule has 0 saturated heterocycles. The van der Waals surface area contributed by atoms with Crippen molar-refractivity contribution in [3.05, 3.63) is 42.1 Å². The van der Waals surface area contributed by atoms with Crippen LogP contribution in [0.5, 0.6) is 11.5 Å². The fourth-order valence-corrected chi connectivity index (χ4v) is 2.84. The molecule has 0 N–H and O–H groups in total. The summed E-state index contributed by atoms with van der Waals surface area (Å²) in [5.41, 5.74) is 2.98. The van der Waals surface area contributed by atoms with Crippen molar-refractivity contribution in [1.82, 2.24) is 29.4 Å². The Bertz CT molecular complexity index is 1180. The smallest absolute Gasteiger partial charge is 0.192 e. The third kappa shape index (κ3) is 3.08. The normalized spacial score (nSPS) is 11.9. The topological polar surface area (TPSA) is 101 Å². The first-order chi connectivity index (χ1) is 13.6. The number of methoxy groups -OCH3 is 2. The molecule has 0 amide bonds. The molecule has 10 heteroatoms. The third-order valence-corrected chi connectivity index (χ3v) is 4.31. The van der Waals surface area contributed by atoms with Crippen molar-refractivity contribution >= 4 is 22.4 Å². The number of nitrogens with zero attached hydrogens (tertiary/aromatic N) is 7. The lowest BCUT2D eigenvalue weighted by atomic mass is 10.1. The van der Waals surface area contributed by atoms with E-state index in [0.717, 1.165) is 16.6 Å². The molecule has 144 valence electrons. The highest BCUT2D eigenvalue weighted by molar-refractivity contribution is 5.98. The maximum Gasteiger partial charge on any atom is 0.192 e. The molecule has 0 fully saturated rings. The molecule has 0 atom stereocenters. The Morgan fingerprint density at radius 1 is 1.14 bits per heavy atom. The minimum Gasteiger partial charge on any atom is -0.493 e. The minimum absolute atomic E-state index is 0.133. The van der Waals surface area contributed by atoms with Crippen molar-refractivity contribution in [2.75, 3.05) is 14.2 Å². The summed E-state index contributed by atoms with van der Waals surface area (Å²) < 4.78 is 13.9. The summed E-state index contributed by atoms with van der Waals surface area (Å²) >= 11 is 0. The summed E-state index contributed by atoms with van der Waals surface area (Å²) in [6.07, 6.45) is 3.32. The zero-order chi connectivity index (χ0) is 19.7. The number of benzene rings is 1. The van der Waals surface area contributed by atoms with Gasteiger partial charge in [-0.1, -0.05) is 5.16 Å². The maximum atomic E-state index is 5.45. The number of fused-ring (bicyclic) bond motifs is 3. The largest absolute Gasteiger partial charge is 0.493 e. The van der Waals surface area contributed by atoms with Crippen molar-refractivity contribution in [1.29, 1.82) is 0 Å². The maximum absolute atomic E-state index is 5.45.